The smallest absolute Gasteiger partial charge is 0.417 e. The molecule has 0 saturated carbocycles. The molecule has 2 atom stereocenters. The van der Waals surface area contributed by atoms with E-state index in [-0.39, 0.29) is 0 Å². The van der Waals surface area contributed by atoms with E-state index in [9.17, 15) is 23.1 Å². The minimum absolute atomic E-state index is 0.329. The number of nitrogens with zero attached hydrogens (tertiary/aromatic N) is 1. The summed E-state index contributed by atoms with van der Waals surface area (Å²) in [6.45, 7) is 0.774. The summed E-state index contributed by atoms with van der Waals surface area (Å²) in [7, 11) is 0. The van der Waals surface area contributed by atoms with Crippen molar-refractivity contribution < 1.29 is 27.8 Å². The van der Waals surface area contributed by atoms with Gasteiger partial charge in [0.2, 0.25) is 0 Å². The van der Waals surface area contributed by atoms with E-state index < -0.39 is 34.8 Å². The highest BCUT2D eigenvalue weighted by Crippen LogP contribution is 2.40. The van der Waals surface area contributed by atoms with Gasteiger partial charge in [-0.15, -0.1) is 0 Å². The minimum Gasteiger partial charge on any atom is -0.489 e. The summed E-state index contributed by atoms with van der Waals surface area (Å²) in [5.41, 5.74) is 1.01. The number of alkyl halides is 3. The Kier molecular flexibility index (Phi) is 7.67. The van der Waals surface area contributed by atoms with Gasteiger partial charge in [0, 0.05) is 0 Å². The molecule has 1 fully saturated rings. The summed E-state index contributed by atoms with van der Waals surface area (Å²) in [6.07, 6.45) is -2.71. The van der Waals surface area contributed by atoms with Crippen molar-refractivity contribution in [1.29, 1.82) is 0 Å². The maximum Gasteiger partial charge on any atom is 0.417 e. The topological polar surface area (TPSA) is 49.8 Å². The first-order valence-electron chi connectivity index (χ1n) is 11.4. The Morgan fingerprint density at radius 2 is 1.77 bits per heavy atom. The Hall–Kier alpha value is -3.03. The van der Waals surface area contributed by atoms with E-state index in [4.69, 9.17) is 16.3 Å². The van der Waals surface area contributed by atoms with Crippen LogP contribution >= 0.6 is 11.6 Å². The summed E-state index contributed by atoms with van der Waals surface area (Å²) in [4.78, 5) is 13.8. The molecule has 184 valence electrons. The van der Waals surface area contributed by atoms with Crippen molar-refractivity contribution in [2.75, 3.05) is 6.54 Å². The largest absolute Gasteiger partial charge is 0.489 e. The number of carboxylic acid groups (broad SMARTS) is 1. The van der Waals surface area contributed by atoms with Crippen molar-refractivity contribution in [3.05, 3.63) is 100 Å². The molecule has 0 radical (unpaired) electrons. The van der Waals surface area contributed by atoms with Crippen LogP contribution in [0, 0.1) is 0 Å². The van der Waals surface area contributed by atoms with Gasteiger partial charge in [-0.3, -0.25) is 9.69 Å². The number of aliphatic carboxylic acids is 1. The molecule has 3 aromatic rings. The van der Waals surface area contributed by atoms with Crippen LogP contribution in [0.5, 0.6) is 5.75 Å². The van der Waals surface area contributed by atoms with Gasteiger partial charge in [0.05, 0.1) is 16.6 Å². The zero-order chi connectivity index (χ0) is 25.0. The number of piperidine rings is 1. The maximum atomic E-state index is 13.7. The second-order valence-corrected chi connectivity index (χ2v) is 8.98. The monoisotopic (exact) mass is 503 g/mol. The average Bonchev–Trinajstić information content (AvgIpc) is 2.84. The van der Waals surface area contributed by atoms with Crippen molar-refractivity contribution in [1.82, 2.24) is 4.90 Å². The zero-order valence-electron chi connectivity index (χ0n) is 18.8. The molecule has 1 N–H and O–H groups in total. The molecule has 1 aliphatic heterocycles. The number of hydrogen-bond donors (Lipinski definition) is 1. The SMILES string of the molecule is O=C(O)C1CCCCN1C(c1cccc(OCc2ccccc2)c1)c1ccc(Cl)c(C(F)(F)F)c1. The van der Waals surface area contributed by atoms with Gasteiger partial charge in [0.1, 0.15) is 18.4 Å². The van der Waals surface area contributed by atoms with Crippen molar-refractivity contribution in [3.8, 4) is 5.75 Å². The minimum atomic E-state index is -4.63. The summed E-state index contributed by atoms with van der Waals surface area (Å²) in [6, 6.07) is 19.0. The molecule has 3 aromatic carbocycles. The third kappa shape index (κ3) is 5.97. The van der Waals surface area contributed by atoms with Crippen molar-refractivity contribution in [3.63, 3.8) is 0 Å². The number of carbonyl (C=O) groups is 1. The number of benzene rings is 3. The van der Waals surface area contributed by atoms with E-state index in [0.717, 1.165) is 24.5 Å². The number of ether oxygens (including phenoxy) is 1. The lowest BCUT2D eigenvalue weighted by Gasteiger charge is -2.40. The lowest BCUT2D eigenvalue weighted by Crippen LogP contribution is -2.46. The Bertz CT molecular complexity index is 1170. The number of hydrogen-bond acceptors (Lipinski definition) is 3. The second kappa shape index (κ2) is 10.7. The Morgan fingerprint density at radius 1 is 1.03 bits per heavy atom. The first kappa shape index (κ1) is 25.1. The fraction of sp³-hybridized carbons (Fsp3) is 0.296. The molecular weight excluding hydrogens is 479 g/mol. The molecule has 1 heterocycles. The van der Waals surface area contributed by atoms with Crippen LogP contribution in [-0.4, -0.2) is 28.6 Å². The molecule has 0 bridgehead atoms. The number of rotatable bonds is 7. The summed E-state index contributed by atoms with van der Waals surface area (Å²) in [5.74, 6) is -0.443. The standard InChI is InChI=1S/C27H25ClF3NO3/c28-23-13-12-20(16-22(23)27(29,30)31)25(32-14-5-4-11-24(32)26(33)34)19-9-6-10-21(15-19)35-17-18-7-2-1-3-8-18/h1-3,6-10,12-13,15-16,24-25H,4-5,11,14,17H2,(H,33,34). The highest BCUT2D eigenvalue weighted by molar-refractivity contribution is 6.31. The van der Waals surface area contributed by atoms with Crippen LogP contribution < -0.4 is 4.74 Å². The van der Waals surface area contributed by atoms with Crippen LogP contribution in [0.1, 0.15) is 47.6 Å². The van der Waals surface area contributed by atoms with E-state index in [1.807, 2.05) is 30.3 Å². The average molecular weight is 504 g/mol. The van der Waals surface area contributed by atoms with E-state index in [1.165, 1.54) is 12.1 Å². The van der Waals surface area contributed by atoms with Gasteiger partial charge in [0.15, 0.2) is 0 Å². The van der Waals surface area contributed by atoms with Crippen LogP contribution in [0.4, 0.5) is 13.2 Å². The molecule has 0 aliphatic carbocycles. The van der Waals surface area contributed by atoms with Crippen molar-refractivity contribution >= 4 is 17.6 Å². The lowest BCUT2D eigenvalue weighted by molar-refractivity contribution is -0.145. The molecular formula is C27H25ClF3NO3. The molecule has 2 unspecified atom stereocenters. The summed E-state index contributed by atoms with van der Waals surface area (Å²) in [5, 5.41) is 9.48. The van der Waals surface area contributed by atoms with Crippen LogP contribution in [0.25, 0.3) is 0 Å². The van der Waals surface area contributed by atoms with Crippen LogP contribution in [0.2, 0.25) is 5.02 Å². The molecule has 0 amide bonds. The molecule has 1 saturated heterocycles. The van der Waals surface area contributed by atoms with Gasteiger partial charge in [-0.25, -0.2) is 0 Å². The zero-order valence-corrected chi connectivity index (χ0v) is 19.6. The van der Waals surface area contributed by atoms with Gasteiger partial charge in [-0.05, 0) is 60.3 Å². The number of likely N-dealkylation sites (tertiary alicyclic amines) is 1. The molecule has 8 heteroatoms. The fourth-order valence-corrected chi connectivity index (χ4v) is 4.77. The molecule has 4 nitrogen and oxygen atoms in total. The highest BCUT2D eigenvalue weighted by Gasteiger charge is 2.38. The molecule has 35 heavy (non-hydrogen) atoms. The van der Waals surface area contributed by atoms with Crippen LogP contribution in [0.3, 0.4) is 0 Å². The highest BCUT2D eigenvalue weighted by atomic mass is 35.5. The number of halogens is 4. The molecule has 0 aromatic heterocycles. The fourth-order valence-electron chi connectivity index (χ4n) is 4.55. The van der Waals surface area contributed by atoms with E-state index >= 15 is 0 Å². The van der Waals surface area contributed by atoms with Crippen molar-refractivity contribution in [2.45, 2.75) is 44.1 Å². The van der Waals surface area contributed by atoms with Gasteiger partial charge in [-0.1, -0.05) is 66.6 Å². The van der Waals surface area contributed by atoms with E-state index in [0.29, 0.717) is 36.4 Å². The van der Waals surface area contributed by atoms with E-state index in [2.05, 4.69) is 0 Å². The quantitative estimate of drug-likeness (QED) is 0.378. The normalized spacial score (nSPS) is 17.7. The molecule has 0 spiro atoms. The summed E-state index contributed by atoms with van der Waals surface area (Å²) < 4.78 is 46.9. The van der Waals surface area contributed by atoms with Crippen LogP contribution in [-0.2, 0) is 17.6 Å². The second-order valence-electron chi connectivity index (χ2n) is 8.57. The van der Waals surface area contributed by atoms with Crippen molar-refractivity contribution in [2.24, 2.45) is 0 Å². The third-order valence-corrected chi connectivity index (χ3v) is 6.52. The Balaban J connectivity index is 1.75. The predicted molar refractivity (Wildman–Crippen MR) is 127 cm³/mol. The lowest BCUT2D eigenvalue weighted by atomic mass is 9.90. The third-order valence-electron chi connectivity index (χ3n) is 6.19. The van der Waals surface area contributed by atoms with E-state index in [1.54, 1.807) is 29.2 Å². The van der Waals surface area contributed by atoms with Gasteiger partial charge >= 0.3 is 12.1 Å². The first-order valence-corrected chi connectivity index (χ1v) is 11.7. The maximum absolute atomic E-state index is 13.7. The van der Waals surface area contributed by atoms with Crippen LogP contribution in [0.15, 0.2) is 72.8 Å². The molecule has 1 aliphatic rings. The van der Waals surface area contributed by atoms with Gasteiger partial charge in [-0.2, -0.15) is 13.2 Å². The van der Waals surface area contributed by atoms with Gasteiger partial charge in [0.25, 0.3) is 0 Å². The predicted octanol–water partition coefficient (Wildman–Crippen LogP) is 6.97. The number of carboxylic acids is 1. The molecule has 4 rings (SSSR count). The Morgan fingerprint density at radius 3 is 2.49 bits per heavy atom. The summed E-state index contributed by atoms with van der Waals surface area (Å²) >= 11 is 5.87. The Labute approximate surface area is 206 Å². The van der Waals surface area contributed by atoms with Gasteiger partial charge < -0.3 is 9.84 Å². The first-order chi connectivity index (χ1) is 16.7.